The Morgan fingerprint density at radius 2 is 2.07 bits per heavy atom. The van der Waals surface area contributed by atoms with Gasteiger partial charge in [-0.05, 0) is 12.8 Å². The maximum absolute atomic E-state index is 10.5. The number of nitrogens with one attached hydrogen (secondary N) is 1. The first-order chi connectivity index (χ1) is 7.15. The molecule has 1 aliphatic rings. The predicted octanol–water partition coefficient (Wildman–Crippen LogP) is 0.205. The van der Waals surface area contributed by atoms with Crippen LogP contribution in [0.4, 0.5) is 10.5 Å². The molecule has 6 heteroatoms. The van der Waals surface area contributed by atoms with E-state index in [2.05, 4.69) is 15.3 Å². The third-order valence-corrected chi connectivity index (χ3v) is 2.42. The van der Waals surface area contributed by atoms with Gasteiger partial charge in [0, 0.05) is 5.92 Å². The molecule has 0 bridgehead atoms. The van der Waals surface area contributed by atoms with E-state index in [1.54, 1.807) is 0 Å². The first-order valence-electron chi connectivity index (χ1n) is 4.71. The molecular formula is C9H12N4O2. The summed E-state index contributed by atoms with van der Waals surface area (Å²) < 4.78 is 0. The van der Waals surface area contributed by atoms with Gasteiger partial charge in [-0.25, -0.2) is 14.8 Å². The summed E-state index contributed by atoms with van der Waals surface area (Å²) in [5, 5.41) is 11.5. The molecular weight excluding hydrogens is 196 g/mol. The number of carbonyl (C=O) groups excluding carboxylic acids is 1. The summed E-state index contributed by atoms with van der Waals surface area (Å²) in [7, 11) is 0. The summed E-state index contributed by atoms with van der Waals surface area (Å²) in [4.78, 5) is 18.7. The number of rotatable bonds is 2. The first-order valence-corrected chi connectivity index (χ1v) is 4.71. The molecule has 4 N–H and O–H groups in total. The van der Waals surface area contributed by atoms with Crippen molar-refractivity contribution in [3.8, 4) is 0 Å². The smallest absolute Gasteiger partial charge is 0.316 e. The highest BCUT2D eigenvalue weighted by Gasteiger charge is 2.30. The second-order valence-corrected chi connectivity index (χ2v) is 3.64. The molecule has 0 radical (unpaired) electrons. The van der Waals surface area contributed by atoms with Crippen molar-refractivity contribution in [2.24, 2.45) is 5.73 Å². The van der Waals surface area contributed by atoms with Crippen LogP contribution in [0.1, 0.15) is 24.6 Å². The van der Waals surface area contributed by atoms with Crippen molar-refractivity contribution in [3.05, 3.63) is 18.2 Å². The van der Waals surface area contributed by atoms with Gasteiger partial charge in [0.2, 0.25) is 0 Å². The minimum absolute atomic E-state index is 0.220. The van der Waals surface area contributed by atoms with Crippen molar-refractivity contribution in [1.29, 1.82) is 0 Å². The van der Waals surface area contributed by atoms with Gasteiger partial charge < -0.3 is 16.2 Å². The van der Waals surface area contributed by atoms with Crippen LogP contribution in [0, 0.1) is 0 Å². The molecule has 1 aliphatic carbocycles. The number of carbonyl (C=O) groups is 1. The number of hydrogen-bond acceptors (Lipinski definition) is 4. The minimum Gasteiger partial charge on any atom is -0.393 e. The Kier molecular flexibility index (Phi) is 2.51. The van der Waals surface area contributed by atoms with Crippen LogP contribution in [-0.4, -0.2) is 27.2 Å². The van der Waals surface area contributed by atoms with E-state index < -0.39 is 6.03 Å². The zero-order valence-electron chi connectivity index (χ0n) is 8.05. The Bertz CT molecular complexity index is 359. The van der Waals surface area contributed by atoms with E-state index in [1.165, 1.54) is 12.4 Å². The minimum atomic E-state index is -0.634. The standard InChI is InChI=1S/C9H12N4O2/c10-9(15)13-6-3-11-8(12-4-6)5-1-7(14)2-5/h3-5,7,14H,1-2H2,(H3,10,13,15). The number of amides is 2. The van der Waals surface area contributed by atoms with Gasteiger partial charge in [0.05, 0.1) is 24.2 Å². The largest absolute Gasteiger partial charge is 0.393 e. The number of aromatic nitrogens is 2. The lowest BCUT2D eigenvalue weighted by Crippen LogP contribution is -2.28. The fraction of sp³-hybridized carbons (Fsp3) is 0.444. The molecule has 80 valence electrons. The quantitative estimate of drug-likeness (QED) is 0.646. The summed E-state index contributed by atoms with van der Waals surface area (Å²) in [6, 6.07) is -0.634. The maximum atomic E-state index is 10.5. The van der Waals surface area contributed by atoms with Crippen molar-refractivity contribution < 1.29 is 9.90 Å². The summed E-state index contributed by atoms with van der Waals surface area (Å²) >= 11 is 0. The molecule has 15 heavy (non-hydrogen) atoms. The van der Waals surface area contributed by atoms with Crippen molar-refractivity contribution in [2.75, 3.05) is 5.32 Å². The molecule has 0 aromatic carbocycles. The molecule has 2 amide bonds. The van der Waals surface area contributed by atoms with E-state index in [4.69, 9.17) is 10.8 Å². The predicted molar refractivity (Wildman–Crippen MR) is 53.2 cm³/mol. The van der Waals surface area contributed by atoms with Gasteiger partial charge in [0.25, 0.3) is 0 Å². The van der Waals surface area contributed by atoms with Gasteiger partial charge >= 0.3 is 6.03 Å². The molecule has 6 nitrogen and oxygen atoms in total. The van der Waals surface area contributed by atoms with Gasteiger partial charge in [-0.1, -0.05) is 0 Å². The molecule has 0 unspecified atom stereocenters. The van der Waals surface area contributed by atoms with Crippen LogP contribution in [0.5, 0.6) is 0 Å². The normalized spacial score (nSPS) is 24.3. The number of aliphatic hydroxyl groups is 1. The Morgan fingerprint density at radius 1 is 1.47 bits per heavy atom. The number of primary amides is 1. The Labute approximate surface area is 86.5 Å². The molecule has 0 atom stereocenters. The molecule has 1 saturated carbocycles. The van der Waals surface area contributed by atoms with Crippen molar-refractivity contribution in [3.63, 3.8) is 0 Å². The lowest BCUT2D eigenvalue weighted by molar-refractivity contribution is 0.0717. The third kappa shape index (κ3) is 2.21. The van der Waals surface area contributed by atoms with E-state index in [9.17, 15) is 4.79 Å². The van der Waals surface area contributed by atoms with E-state index in [0.29, 0.717) is 24.4 Å². The fourth-order valence-corrected chi connectivity index (χ4v) is 1.55. The number of aliphatic hydroxyl groups excluding tert-OH is 1. The molecule has 0 aliphatic heterocycles. The Hall–Kier alpha value is -1.69. The number of nitrogens with zero attached hydrogens (tertiary/aromatic N) is 2. The lowest BCUT2D eigenvalue weighted by Gasteiger charge is -2.29. The highest BCUT2D eigenvalue weighted by molar-refractivity contribution is 5.87. The molecule has 0 saturated heterocycles. The average Bonchev–Trinajstić information content (AvgIpc) is 2.14. The van der Waals surface area contributed by atoms with E-state index in [1.807, 2.05) is 0 Å². The van der Waals surface area contributed by atoms with Gasteiger partial charge in [-0.15, -0.1) is 0 Å². The molecule has 0 spiro atoms. The van der Waals surface area contributed by atoms with Crippen LogP contribution in [0.25, 0.3) is 0 Å². The van der Waals surface area contributed by atoms with Crippen LogP contribution in [0.3, 0.4) is 0 Å². The van der Waals surface area contributed by atoms with Crippen molar-refractivity contribution >= 4 is 11.7 Å². The van der Waals surface area contributed by atoms with Crippen molar-refractivity contribution in [2.45, 2.75) is 24.9 Å². The summed E-state index contributed by atoms with van der Waals surface area (Å²) in [5.41, 5.74) is 5.42. The number of hydrogen-bond donors (Lipinski definition) is 3. The second kappa shape index (κ2) is 3.82. The van der Waals surface area contributed by atoms with Gasteiger partial charge in [0.15, 0.2) is 0 Å². The average molecular weight is 208 g/mol. The highest BCUT2D eigenvalue weighted by Crippen LogP contribution is 2.34. The van der Waals surface area contributed by atoms with Gasteiger partial charge in [-0.3, -0.25) is 0 Å². The summed E-state index contributed by atoms with van der Waals surface area (Å²) in [6.45, 7) is 0. The van der Waals surface area contributed by atoms with Gasteiger partial charge in [0.1, 0.15) is 5.82 Å². The van der Waals surface area contributed by atoms with E-state index in [0.717, 1.165) is 0 Å². The molecule has 1 aromatic heterocycles. The van der Waals surface area contributed by atoms with E-state index in [-0.39, 0.29) is 12.0 Å². The zero-order chi connectivity index (χ0) is 10.8. The fourth-order valence-electron chi connectivity index (χ4n) is 1.55. The van der Waals surface area contributed by atoms with Crippen molar-refractivity contribution in [1.82, 2.24) is 9.97 Å². The molecule has 2 rings (SSSR count). The number of nitrogens with two attached hydrogens (primary N) is 1. The summed E-state index contributed by atoms with van der Waals surface area (Å²) in [6.07, 6.45) is 4.22. The monoisotopic (exact) mass is 208 g/mol. The zero-order valence-corrected chi connectivity index (χ0v) is 8.05. The van der Waals surface area contributed by atoms with E-state index >= 15 is 0 Å². The highest BCUT2D eigenvalue weighted by atomic mass is 16.3. The SMILES string of the molecule is NC(=O)Nc1cnc(C2CC(O)C2)nc1. The van der Waals surface area contributed by atoms with Gasteiger partial charge in [-0.2, -0.15) is 0 Å². The topological polar surface area (TPSA) is 101 Å². The van der Waals surface area contributed by atoms with Crippen LogP contribution >= 0.6 is 0 Å². The second-order valence-electron chi connectivity index (χ2n) is 3.64. The maximum Gasteiger partial charge on any atom is 0.316 e. The number of anilines is 1. The van der Waals surface area contributed by atoms with Crippen LogP contribution in [-0.2, 0) is 0 Å². The molecule has 1 aromatic rings. The first kappa shape index (κ1) is 9.85. The van der Waals surface area contributed by atoms with Crippen LogP contribution in [0.2, 0.25) is 0 Å². The Morgan fingerprint density at radius 3 is 2.53 bits per heavy atom. The molecule has 1 heterocycles. The summed E-state index contributed by atoms with van der Waals surface area (Å²) in [5.74, 6) is 0.943. The lowest BCUT2D eigenvalue weighted by atomic mass is 9.82. The Balaban J connectivity index is 2.01. The number of urea groups is 1. The van der Waals surface area contributed by atoms with Crippen LogP contribution in [0.15, 0.2) is 12.4 Å². The van der Waals surface area contributed by atoms with Crippen LogP contribution < -0.4 is 11.1 Å². The third-order valence-electron chi connectivity index (χ3n) is 2.42. The molecule has 1 fully saturated rings.